The monoisotopic (exact) mass is 271 g/mol. The van der Waals surface area contributed by atoms with Crippen LogP contribution in [0.3, 0.4) is 0 Å². The van der Waals surface area contributed by atoms with Crippen LogP contribution in [0.4, 0.5) is 0 Å². The zero-order valence-corrected chi connectivity index (χ0v) is 11.7. The third kappa shape index (κ3) is 2.99. The van der Waals surface area contributed by atoms with Crippen molar-refractivity contribution < 1.29 is 0 Å². The van der Waals surface area contributed by atoms with Crippen LogP contribution in [0.25, 0.3) is 0 Å². The first-order valence-electron chi connectivity index (χ1n) is 6.88. The maximum atomic E-state index is 6.04. The maximum Gasteiger partial charge on any atom is 0.0408 e. The second-order valence-corrected chi connectivity index (χ2v) is 5.56. The summed E-state index contributed by atoms with van der Waals surface area (Å²) in [5, 5.41) is 4.51. The molecule has 0 amide bonds. The predicted molar refractivity (Wildman–Crippen MR) is 80.7 cm³/mol. The lowest BCUT2D eigenvalue weighted by Gasteiger charge is -2.14. The predicted octanol–water partition coefficient (Wildman–Crippen LogP) is 4.16. The Balaban J connectivity index is 1.58. The zero-order valence-electron chi connectivity index (χ0n) is 10.9. The zero-order chi connectivity index (χ0) is 13.1. The lowest BCUT2D eigenvalue weighted by Crippen LogP contribution is -2.21. The molecule has 3 rings (SSSR count). The van der Waals surface area contributed by atoms with Gasteiger partial charge >= 0.3 is 0 Å². The fourth-order valence-electron chi connectivity index (χ4n) is 2.83. The van der Waals surface area contributed by atoms with Crippen molar-refractivity contribution in [3.63, 3.8) is 0 Å². The minimum atomic E-state index is 0.496. The lowest BCUT2D eigenvalue weighted by molar-refractivity contribution is 0.533. The van der Waals surface area contributed by atoms with Crippen LogP contribution in [0.5, 0.6) is 0 Å². The molecule has 0 bridgehead atoms. The first-order chi connectivity index (χ1) is 9.33. The summed E-state index contributed by atoms with van der Waals surface area (Å²) in [5.41, 5.74) is 4.23. The van der Waals surface area contributed by atoms with Gasteiger partial charge in [-0.05, 0) is 54.6 Å². The molecule has 0 aliphatic heterocycles. The quantitative estimate of drug-likeness (QED) is 0.880. The molecule has 1 N–H and O–H groups in total. The van der Waals surface area contributed by atoms with Gasteiger partial charge in [0.2, 0.25) is 0 Å². The fourth-order valence-corrected chi connectivity index (χ4v) is 3.03. The van der Waals surface area contributed by atoms with Crippen LogP contribution >= 0.6 is 11.6 Å². The summed E-state index contributed by atoms with van der Waals surface area (Å²) in [6.45, 7) is 1.02. The number of nitrogens with one attached hydrogen (secondary N) is 1. The summed E-state index contributed by atoms with van der Waals surface area (Å²) in [4.78, 5) is 0. The number of benzene rings is 2. The summed E-state index contributed by atoms with van der Waals surface area (Å²) in [5.74, 6) is 0. The van der Waals surface area contributed by atoms with Gasteiger partial charge in [0.25, 0.3) is 0 Å². The van der Waals surface area contributed by atoms with E-state index in [1.54, 1.807) is 0 Å². The fraction of sp³-hybridized carbons (Fsp3) is 0.294. The van der Waals surface area contributed by atoms with Gasteiger partial charge in [0.1, 0.15) is 0 Å². The van der Waals surface area contributed by atoms with E-state index in [9.17, 15) is 0 Å². The van der Waals surface area contributed by atoms with Crippen LogP contribution in [-0.2, 0) is 12.8 Å². The molecule has 1 unspecified atom stereocenters. The molecule has 2 aromatic rings. The summed E-state index contributed by atoms with van der Waals surface area (Å²) >= 11 is 6.04. The van der Waals surface area contributed by atoms with Crippen molar-refractivity contribution in [2.45, 2.75) is 25.3 Å². The molecule has 0 saturated heterocycles. The largest absolute Gasteiger partial charge is 0.310 e. The second kappa shape index (κ2) is 5.77. The van der Waals surface area contributed by atoms with Gasteiger partial charge in [-0.1, -0.05) is 48.0 Å². The van der Waals surface area contributed by atoms with Crippen molar-refractivity contribution in [2.75, 3.05) is 6.54 Å². The molecule has 1 atom stereocenters. The van der Waals surface area contributed by atoms with Gasteiger partial charge in [-0.2, -0.15) is 0 Å². The number of fused-ring (bicyclic) bond motifs is 1. The third-order valence-electron chi connectivity index (χ3n) is 3.83. The van der Waals surface area contributed by atoms with E-state index in [0.717, 1.165) is 24.4 Å². The van der Waals surface area contributed by atoms with Crippen molar-refractivity contribution in [3.05, 3.63) is 70.2 Å². The van der Waals surface area contributed by atoms with Gasteiger partial charge in [-0.15, -0.1) is 0 Å². The van der Waals surface area contributed by atoms with Gasteiger partial charge in [0.15, 0.2) is 0 Å². The van der Waals surface area contributed by atoms with E-state index in [-0.39, 0.29) is 0 Å². The number of aryl methyl sites for hydroxylation is 1. The van der Waals surface area contributed by atoms with Crippen LogP contribution in [0, 0.1) is 0 Å². The van der Waals surface area contributed by atoms with Crippen molar-refractivity contribution in [3.8, 4) is 0 Å². The Bertz CT molecular complexity index is 550. The second-order valence-electron chi connectivity index (χ2n) is 5.12. The highest BCUT2D eigenvalue weighted by Gasteiger charge is 2.21. The third-order valence-corrected chi connectivity index (χ3v) is 4.07. The minimum absolute atomic E-state index is 0.496. The molecular weight excluding hydrogens is 254 g/mol. The average Bonchev–Trinajstić information content (AvgIpc) is 2.82. The molecular formula is C17H18ClN. The Morgan fingerprint density at radius 2 is 1.95 bits per heavy atom. The molecule has 1 aliphatic rings. The highest BCUT2D eigenvalue weighted by molar-refractivity contribution is 6.30. The standard InChI is InChI=1S/C17H18ClN/c18-15-7-8-16-14(12-15)6-9-17(16)19-11-10-13-4-2-1-3-5-13/h1-5,7-8,12,17,19H,6,9-11H2. The highest BCUT2D eigenvalue weighted by atomic mass is 35.5. The van der Waals surface area contributed by atoms with E-state index >= 15 is 0 Å². The molecule has 2 aromatic carbocycles. The van der Waals surface area contributed by atoms with E-state index in [4.69, 9.17) is 11.6 Å². The van der Waals surface area contributed by atoms with Gasteiger partial charge in [-0.25, -0.2) is 0 Å². The molecule has 98 valence electrons. The summed E-state index contributed by atoms with van der Waals surface area (Å²) < 4.78 is 0. The molecule has 0 heterocycles. The summed E-state index contributed by atoms with van der Waals surface area (Å²) in [7, 11) is 0. The molecule has 0 fully saturated rings. The van der Waals surface area contributed by atoms with Gasteiger partial charge in [-0.3, -0.25) is 0 Å². The van der Waals surface area contributed by atoms with Crippen LogP contribution in [0.1, 0.15) is 29.2 Å². The van der Waals surface area contributed by atoms with Crippen LogP contribution in [0.15, 0.2) is 48.5 Å². The van der Waals surface area contributed by atoms with Crippen LogP contribution < -0.4 is 5.32 Å². The van der Waals surface area contributed by atoms with E-state index in [0.29, 0.717) is 6.04 Å². The van der Waals surface area contributed by atoms with Crippen molar-refractivity contribution in [1.82, 2.24) is 5.32 Å². The highest BCUT2D eigenvalue weighted by Crippen LogP contribution is 2.32. The maximum absolute atomic E-state index is 6.04. The van der Waals surface area contributed by atoms with Gasteiger partial charge in [0, 0.05) is 11.1 Å². The molecule has 0 aromatic heterocycles. The first-order valence-corrected chi connectivity index (χ1v) is 7.26. The van der Waals surface area contributed by atoms with Crippen LogP contribution in [0.2, 0.25) is 5.02 Å². The Kier molecular flexibility index (Phi) is 3.86. The molecule has 1 nitrogen and oxygen atoms in total. The Hall–Kier alpha value is -1.31. The van der Waals surface area contributed by atoms with Gasteiger partial charge in [0.05, 0.1) is 0 Å². The average molecular weight is 272 g/mol. The Morgan fingerprint density at radius 1 is 1.11 bits per heavy atom. The molecule has 2 heteroatoms. The SMILES string of the molecule is Clc1ccc2c(c1)CCC2NCCc1ccccc1. The van der Waals surface area contributed by atoms with E-state index in [1.807, 2.05) is 6.07 Å². The van der Waals surface area contributed by atoms with Crippen molar-refractivity contribution in [1.29, 1.82) is 0 Å². The van der Waals surface area contributed by atoms with Crippen molar-refractivity contribution in [2.24, 2.45) is 0 Å². The Morgan fingerprint density at radius 3 is 2.79 bits per heavy atom. The van der Waals surface area contributed by atoms with Crippen LogP contribution in [-0.4, -0.2) is 6.54 Å². The molecule has 0 saturated carbocycles. The number of rotatable bonds is 4. The molecule has 0 spiro atoms. The summed E-state index contributed by atoms with van der Waals surface area (Å²) in [6, 6.07) is 17.4. The lowest BCUT2D eigenvalue weighted by atomic mass is 10.1. The smallest absolute Gasteiger partial charge is 0.0408 e. The molecule has 1 aliphatic carbocycles. The number of hydrogen-bond donors (Lipinski definition) is 1. The normalized spacial score (nSPS) is 17.4. The molecule has 19 heavy (non-hydrogen) atoms. The minimum Gasteiger partial charge on any atom is -0.310 e. The van der Waals surface area contributed by atoms with E-state index in [1.165, 1.54) is 23.1 Å². The topological polar surface area (TPSA) is 12.0 Å². The molecule has 0 radical (unpaired) electrons. The van der Waals surface area contributed by atoms with Gasteiger partial charge < -0.3 is 5.32 Å². The first kappa shape index (κ1) is 12.7. The van der Waals surface area contributed by atoms with E-state index in [2.05, 4.69) is 47.8 Å². The summed E-state index contributed by atoms with van der Waals surface area (Å²) in [6.07, 6.45) is 3.41. The van der Waals surface area contributed by atoms with E-state index < -0.39 is 0 Å². The number of halogens is 1. The number of hydrogen-bond acceptors (Lipinski definition) is 1. The Labute approximate surface area is 119 Å². The van der Waals surface area contributed by atoms with Crippen molar-refractivity contribution >= 4 is 11.6 Å².